The third-order valence-corrected chi connectivity index (χ3v) is 10.1. The standard InChI is InChI=1S/C25H39NO3/c1-24-9-7-17(29-14-13-26-11-3-4-12-26)15-21(24)22(27)16-18-19-5-6-23(28)25(19,2)10-8-20(18)24/h17-21H,3-16H2,1-2H3/t17-,18+,19+,20+,21?,24-,25+/m1/s1. The number of rotatable bonds is 4. The van der Waals surface area contributed by atoms with E-state index in [4.69, 9.17) is 4.74 Å². The molecule has 0 aromatic heterocycles. The van der Waals surface area contributed by atoms with Gasteiger partial charge < -0.3 is 9.64 Å². The zero-order chi connectivity index (χ0) is 20.2. The van der Waals surface area contributed by atoms with Crippen molar-refractivity contribution in [3.8, 4) is 0 Å². The molecule has 1 heterocycles. The highest BCUT2D eigenvalue weighted by Gasteiger charge is 2.62. The molecule has 1 unspecified atom stereocenters. The molecule has 0 radical (unpaired) electrons. The molecule has 1 saturated heterocycles. The number of carbonyl (C=O) groups excluding carboxylic acids is 2. The van der Waals surface area contributed by atoms with Gasteiger partial charge in [-0.25, -0.2) is 0 Å². The molecule has 1 aliphatic heterocycles. The SMILES string of the molecule is C[C@]12CC[C@@H](OCCN3CCCC3)CC1C(=O)C[C@@H]1[C@@H]2CC[C@]2(C)C(=O)CC[C@@H]12. The summed E-state index contributed by atoms with van der Waals surface area (Å²) in [5, 5.41) is 0. The Morgan fingerprint density at radius 2 is 1.83 bits per heavy atom. The van der Waals surface area contributed by atoms with E-state index < -0.39 is 0 Å². The molecule has 4 heteroatoms. The highest BCUT2D eigenvalue weighted by atomic mass is 16.5. The van der Waals surface area contributed by atoms with Crippen LogP contribution in [-0.4, -0.2) is 48.8 Å². The first kappa shape index (κ1) is 20.2. The van der Waals surface area contributed by atoms with Crippen LogP contribution in [0.25, 0.3) is 0 Å². The molecule has 29 heavy (non-hydrogen) atoms. The minimum atomic E-state index is -0.138. The molecular weight excluding hydrogens is 362 g/mol. The molecule has 0 amide bonds. The zero-order valence-corrected chi connectivity index (χ0v) is 18.5. The summed E-state index contributed by atoms with van der Waals surface area (Å²) >= 11 is 0. The second kappa shape index (κ2) is 7.44. The van der Waals surface area contributed by atoms with Crippen LogP contribution in [-0.2, 0) is 14.3 Å². The number of carbonyl (C=O) groups is 2. The lowest BCUT2D eigenvalue weighted by atomic mass is 9.45. The van der Waals surface area contributed by atoms with Crippen LogP contribution in [0, 0.1) is 34.5 Å². The molecule has 0 aromatic carbocycles. The maximum Gasteiger partial charge on any atom is 0.139 e. The quantitative estimate of drug-likeness (QED) is 0.706. The van der Waals surface area contributed by atoms with E-state index in [0.717, 1.165) is 64.5 Å². The molecule has 4 nitrogen and oxygen atoms in total. The van der Waals surface area contributed by atoms with E-state index >= 15 is 0 Å². The van der Waals surface area contributed by atoms with Crippen molar-refractivity contribution in [1.82, 2.24) is 4.90 Å². The largest absolute Gasteiger partial charge is 0.377 e. The van der Waals surface area contributed by atoms with Crippen molar-refractivity contribution in [2.75, 3.05) is 26.2 Å². The number of fused-ring (bicyclic) bond motifs is 5. The number of hydrogen-bond acceptors (Lipinski definition) is 4. The lowest BCUT2D eigenvalue weighted by Crippen LogP contribution is -2.57. The monoisotopic (exact) mass is 401 g/mol. The summed E-state index contributed by atoms with van der Waals surface area (Å²) in [6.45, 7) is 8.92. The van der Waals surface area contributed by atoms with Gasteiger partial charge in [-0.05, 0) is 87.6 Å². The predicted octanol–water partition coefficient (Wildman–Crippen LogP) is 4.26. The summed E-state index contributed by atoms with van der Waals surface area (Å²) in [6.07, 6.45) is 10.7. The van der Waals surface area contributed by atoms with Gasteiger partial charge in [0.15, 0.2) is 0 Å². The molecule has 0 bridgehead atoms. The number of hydrogen-bond donors (Lipinski definition) is 0. The Labute approximate surface area is 176 Å². The summed E-state index contributed by atoms with van der Waals surface area (Å²) in [5.74, 6) is 2.64. The van der Waals surface area contributed by atoms with E-state index in [2.05, 4.69) is 18.7 Å². The Morgan fingerprint density at radius 1 is 1.03 bits per heavy atom. The van der Waals surface area contributed by atoms with Crippen molar-refractivity contribution in [2.45, 2.75) is 84.2 Å². The summed E-state index contributed by atoms with van der Waals surface area (Å²) in [7, 11) is 0. The summed E-state index contributed by atoms with van der Waals surface area (Å²) in [4.78, 5) is 28.4. The molecular formula is C25H39NO3. The van der Waals surface area contributed by atoms with Crippen molar-refractivity contribution in [3.05, 3.63) is 0 Å². The van der Waals surface area contributed by atoms with Crippen LogP contribution in [0.5, 0.6) is 0 Å². The average molecular weight is 402 g/mol. The van der Waals surface area contributed by atoms with Crippen LogP contribution in [0.15, 0.2) is 0 Å². The van der Waals surface area contributed by atoms with Crippen molar-refractivity contribution >= 4 is 11.6 Å². The Kier molecular flexibility index (Phi) is 5.18. The number of ether oxygens (including phenoxy) is 1. The Bertz CT molecular complexity index is 671. The normalized spacial score (nSPS) is 47.7. The van der Waals surface area contributed by atoms with E-state index in [9.17, 15) is 9.59 Å². The molecule has 5 aliphatic rings. The fourth-order valence-electron chi connectivity index (χ4n) is 8.28. The van der Waals surface area contributed by atoms with Crippen molar-refractivity contribution < 1.29 is 14.3 Å². The fraction of sp³-hybridized carbons (Fsp3) is 0.920. The van der Waals surface area contributed by atoms with Crippen LogP contribution in [0.4, 0.5) is 0 Å². The summed E-state index contributed by atoms with van der Waals surface area (Å²) in [5.41, 5.74) is -0.0116. The van der Waals surface area contributed by atoms with E-state index in [1.165, 1.54) is 25.9 Å². The van der Waals surface area contributed by atoms with Gasteiger partial charge in [0.2, 0.25) is 0 Å². The lowest BCUT2D eigenvalue weighted by Gasteiger charge is -2.59. The van der Waals surface area contributed by atoms with Gasteiger partial charge >= 0.3 is 0 Å². The summed E-state index contributed by atoms with van der Waals surface area (Å²) < 4.78 is 6.28. The molecule has 162 valence electrons. The smallest absolute Gasteiger partial charge is 0.139 e. The highest BCUT2D eigenvalue weighted by molar-refractivity contribution is 5.88. The van der Waals surface area contributed by atoms with Crippen LogP contribution < -0.4 is 0 Å². The van der Waals surface area contributed by atoms with Crippen LogP contribution in [0.3, 0.4) is 0 Å². The third kappa shape index (κ3) is 3.24. The maximum atomic E-state index is 13.3. The summed E-state index contributed by atoms with van der Waals surface area (Å²) in [6, 6.07) is 0. The van der Waals surface area contributed by atoms with Crippen LogP contribution >= 0.6 is 0 Å². The van der Waals surface area contributed by atoms with Gasteiger partial charge in [-0.3, -0.25) is 9.59 Å². The highest BCUT2D eigenvalue weighted by Crippen LogP contribution is 2.64. The van der Waals surface area contributed by atoms with Crippen LogP contribution in [0.2, 0.25) is 0 Å². The van der Waals surface area contributed by atoms with Gasteiger partial charge in [0.05, 0.1) is 12.7 Å². The molecule has 4 aliphatic carbocycles. The molecule has 5 rings (SSSR count). The van der Waals surface area contributed by atoms with E-state index in [-0.39, 0.29) is 22.9 Å². The average Bonchev–Trinajstić information content (AvgIpc) is 3.31. The topological polar surface area (TPSA) is 46.6 Å². The van der Waals surface area contributed by atoms with Crippen molar-refractivity contribution in [2.24, 2.45) is 34.5 Å². The van der Waals surface area contributed by atoms with E-state index in [1.807, 2.05) is 0 Å². The molecule has 4 saturated carbocycles. The number of Topliss-reactive ketones (excluding diaryl/α,β-unsaturated/α-hetero) is 2. The van der Waals surface area contributed by atoms with Gasteiger partial charge in [0.25, 0.3) is 0 Å². The minimum absolute atomic E-state index is 0.127. The molecule has 7 atom stereocenters. The van der Waals surface area contributed by atoms with Crippen molar-refractivity contribution in [1.29, 1.82) is 0 Å². The van der Waals surface area contributed by atoms with Crippen LogP contribution in [0.1, 0.15) is 78.1 Å². The first-order valence-corrected chi connectivity index (χ1v) is 12.3. The van der Waals surface area contributed by atoms with Gasteiger partial charge in [-0.15, -0.1) is 0 Å². The molecule has 0 spiro atoms. The number of nitrogens with zero attached hydrogens (tertiary/aromatic N) is 1. The first-order chi connectivity index (χ1) is 13.9. The zero-order valence-electron chi connectivity index (χ0n) is 18.5. The van der Waals surface area contributed by atoms with Crippen molar-refractivity contribution in [3.63, 3.8) is 0 Å². The second-order valence-corrected chi connectivity index (χ2v) is 11.3. The number of ketones is 2. The Hall–Kier alpha value is -0.740. The van der Waals surface area contributed by atoms with E-state index in [1.54, 1.807) is 0 Å². The van der Waals surface area contributed by atoms with Gasteiger partial charge in [-0.2, -0.15) is 0 Å². The molecule has 0 N–H and O–H groups in total. The predicted molar refractivity (Wildman–Crippen MR) is 113 cm³/mol. The van der Waals surface area contributed by atoms with Gasteiger partial charge in [0, 0.05) is 30.7 Å². The minimum Gasteiger partial charge on any atom is -0.377 e. The second-order valence-electron chi connectivity index (χ2n) is 11.3. The maximum absolute atomic E-state index is 13.3. The van der Waals surface area contributed by atoms with Gasteiger partial charge in [-0.1, -0.05) is 13.8 Å². The number of likely N-dealkylation sites (tertiary alicyclic amines) is 1. The van der Waals surface area contributed by atoms with E-state index in [0.29, 0.717) is 29.3 Å². The first-order valence-electron chi connectivity index (χ1n) is 12.3. The fourth-order valence-corrected chi connectivity index (χ4v) is 8.28. The third-order valence-electron chi connectivity index (χ3n) is 10.1. The lowest BCUT2D eigenvalue weighted by molar-refractivity contribution is -0.163. The Balaban J connectivity index is 1.25. The molecule has 0 aromatic rings. The molecule has 5 fully saturated rings. The Morgan fingerprint density at radius 3 is 2.62 bits per heavy atom. The van der Waals surface area contributed by atoms with Gasteiger partial charge in [0.1, 0.15) is 11.6 Å².